The van der Waals surface area contributed by atoms with E-state index in [9.17, 15) is 9.18 Å². The lowest BCUT2D eigenvalue weighted by atomic mass is 10.0. The van der Waals surface area contributed by atoms with Gasteiger partial charge in [-0.3, -0.25) is 0 Å². The molecule has 1 aromatic heterocycles. The Hall–Kier alpha value is -3.19. The van der Waals surface area contributed by atoms with Crippen LogP contribution in [-0.4, -0.2) is 30.8 Å². The number of carbonyl (C=O) groups excluding carboxylic acids is 1. The Morgan fingerprint density at radius 3 is 2.56 bits per heavy atom. The Morgan fingerprint density at radius 1 is 1.12 bits per heavy atom. The number of hydrogen-bond donors (Lipinski definition) is 0. The SMILES string of the molecule is CCO[C@@H](Cc1ccc(OCc2nc(-c3ccc(F)c(C)c3)oc2C)cc1C)C(=O)OC. The van der Waals surface area contributed by atoms with Gasteiger partial charge in [-0.15, -0.1) is 0 Å². The van der Waals surface area contributed by atoms with Gasteiger partial charge in [0.15, 0.2) is 6.10 Å². The standard InChI is InChI=1S/C25H28FNO5/c1-6-30-23(25(28)29-5)13-18-7-9-20(12-15(18)2)31-14-22-17(4)32-24(27-22)19-8-10-21(26)16(3)11-19/h7-12,23H,6,13-14H2,1-5H3/t23-/m0/s1. The van der Waals surface area contributed by atoms with Crippen LogP contribution in [0.4, 0.5) is 4.39 Å². The molecule has 1 atom stereocenters. The summed E-state index contributed by atoms with van der Waals surface area (Å²) in [7, 11) is 1.35. The van der Waals surface area contributed by atoms with Crippen molar-refractivity contribution in [3.63, 3.8) is 0 Å². The molecule has 0 aliphatic carbocycles. The van der Waals surface area contributed by atoms with Crippen molar-refractivity contribution in [2.45, 2.75) is 46.8 Å². The van der Waals surface area contributed by atoms with E-state index < -0.39 is 6.10 Å². The number of hydrogen-bond acceptors (Lipinski definition) is 6. The normalized spacial score (nSPS) is 11.9. The Labute approximate surface area is 187 Å². The summed E-state index contributed by atoms with van der Waals surface area (Å²) in [5.41, 5.74) is 3.88. The average Bonchev–Trinajstić information content (AvgIpc) is 3.15. The first-order valence-corrected chi connectivity index (χ1v) is 10.5. The maximum atomic E-state index is 13.5. The van der Waals surface area contributed by atoms with Crippen LogP contribution in [0.1, 0.15) is 35.1 Å². The zero-order valence-corrected chi connectivity index (χ0v) is 19.0. The molecule has 1 heterocycles. The minimum absolute atomic E-state index is 0.234. The summed E-state index contributed by atoms with van der Waals surface area (Å²) in [6.45, 7) is 7.98. The van der Waals surface area contributed by atoms with Gasteiger partial charge in [0.05, 0.1) is 7.11 Å². The molecule has 170 valence electrons. The Balaban J connectivity index is 1.68. The molecular weight excluding hydrogens is 413 g/mol. The second-order valence-corrected chi connectivity index (χ2v) is 7.53. The minimum Gasteiger partial charge on any atom is -0.487 e. The molecule has 6 nitrogen and oxygen atoms in total. The van der Waals surface area contributed by atoms with Crippen molar-refractivity contribution in [2.24, 2.45) is 0 Å². The third-order valence-electron chi connectivity index (χ3n) is 5.22. The van der Waals surface area contributed by atoms with Gasteiger partial charge in [0, 0.05) is 18.6 Å². The van der Waals surface area contributed by atoms with Crippen LogP contribution < -0.4 is 4.74 Å². The number of methoxy groups -OCH3 is 1. The van der Waals surface area contributed by atoms with Gasteiger partial charge in [-0.05, 0) is 74.7 Å². The molecule has 0 aliphatic rings. The molecule has 32 heavy (non-hydrogen) atoms. The predicted octanol–water partition coefficient (Wildman–Crippen LogP) is 5.11. The quantitative estimate of drug-likeness (QED) is 0.430. The number of rotatable bonds is 9. The van der Waals surface area contributed by atoms with Gasteiger partial charge in [0.25, 0.3) is 0 Å². The number of aromatic nitrogens is 1. The van der Waals surface area contributed by atoms with E-state index in [0.717, 1.165) is 11.1 Å². The van der Waals surface area contributed by atoms with Crippen molar-refractivity contribution >= 4 is 5.97 Å². The number of ether oxygens (including phenoxy) is 3. The summed E-state index contributed by atoms with van der Waals surface area (Å²) in [4.78, 5) is 16.4. The molecule has 0 bridgehead atoms. The summed E-state index contributed by atoms with van der Waals surface area (Å²) >= 11 is 0. The first-order valence-electron chi connectivity index (χ1n) is 10.5. The number of carbonyl (C=O) groups is 1. The number of nitrogens with zero attached hydrogens (tertiary/aromatic N) is 1. The predicted molar refractivity (Wildman–Crippen MR) is 118 cm³/mol. The summed E-state index contributed by atoms with van der Waals surface area (Å²) in [5, 5.41) is 0. The van der Waals surface area contributed by atoms with Crippen molar-refractivity contribution in [3.8, 4) is 17.2 Å². The molecule has 0 aliphatic heterocycles. The molecule has 0 saturated carbocycles. The largest absolute Gasteiger partial charge is 0.487 e. The van der Waals surface area contributed by atoms with Crippen molar-refractivity contribution in [3.05, 3.63) is 70.4 Å². The van der Waals surface area contributed by atoms with Crippen LogP contribution >= 0.6 is 0 Å². The van der Waals surface area contributed by atoms with E-state index in [0.29, 0.717) is 47.2 Å². The zero-order valence-electron chi connectivity index (χ0n) is 19.0. The van der Waals surface area contributed by atoms with E-state index >= 15 is 0 Å². The molecule has 0 radical (unpaired) electrons. The van der Waals surface area contributed by atoms with Crippen LogP contribution in [0.15, 0.2) is 40.8 Å². The maximum Gasteiger partial charge on any atom is 0.335 e. The van der Waals surface area contributed by atoms with E-state index in [-0.39, 0.29) is 18.4 Å². The van der Waals surface area contributed by atoms with Crippen LogP contribution in [0.5, 0.6) is 5.75 Å². The number of esters is 1. The van der Waals surface area contributed by atoms with Crippen molar-refractivity contribution < 1.29 is 27.8 Å². The molecule has 0 amide bonds. The monoisotopic (exact) mass is 441 g/mol. The second kappa shape index (κ2) is 10.4. The summed E-state index contributed by atoms with van der Waals surface area (Å²) in [5.74, 6) is 1.10. The average molecular weight is 441 g/mol. The topological polar surface area (TPSA) is 70.8 Å². The fraction of sp³-hybridized carbons (Fsp3) is 0.360. The fourth-order valence-corrected chi connectivity index (χ4v) is 3.34. The number of benzene rings is 2. The Kier molecular flexibility index (Phi) is 7.64. The maximum absolute atomic E-state index is 13.5. The van der Waals surface area contributed by atoms with E-state index in [2.05, 4.69) is 4.98 Å². The second-order valence-electron chi connectivity index (χ2n) is 7.53. The molecule has 0 N–H and O–H groups in total. The number of halogens is 1. The lowest BCUT2D eigenvalue weighted by molar-refractivity contribution is -0.153. The smallest absolute Gasteiger partial charge is 0.335 e. The van der Waals surface area contributed by atoms with Gasteiger partial charge in [0.1, 0.15) is 29.6 Å². The summed E-state index contributed by atoms with van der Waals surface area (Å²) in [6, 6.07) is 10.4. The van der Waals surface area contributed by atoms with Crippen LogP contribution in [0.2, 0.25) is 0 Å². The van der Waals surface area contributed by atoms with Gasteiger partial charge < -0.3 is 18.6 Å². The first-order chi connectivity index (χ1) is 15.3. The highest BCUT2D eigenvalue weighted by molar-refractivity contribution is 5.75. The first kappa shape index (κ1) is 23.5. The van der Waals surface area contributed by atoms with Crippen molar-refractivity contribution in [1.29, 1.82) is 0 Å². The molecule has 3 rings (SSSR count). The van der Waals surface area contributed by atoms with Gasteiger partial charge in [-0.1, -0.05) is 6.07 Å². The fourth-order valence-electron chi connectivity index (χ4n) is 3.34. The lowest BCUT2D eigenvalue weighted by Gasteiger charge is -2.16. The van der Waals surface area contributed by atoms with Crippen molar-refractivity contribution in [2.75, 3.05) is 13.7 Å². The summed E-state index contributed by atoms with van der Waals surface area (Å²) in [6.07, 6.45) is -0.211. The van der Waals surface area contributed by atoms with Crippen LogP contribution in [-0.2, 0) is 27.3 Å². The van der Waals surface area contributed by atoms with E-state index in [1.54, 1.807) is 19.1 Å². The Bertz CT molecular complexity index is 1090. The van der Waals surface area contributed by atoms with E-state index in [1.165, 1.54) is 13.2 Å². The van der Waals surface area contributed by atoms with E-state index in [4.69, 9.17) is 18.6 Å². The van der Waals surface area contributed by atoms with Crippen LogP contribution in [0, 0.1) is 26.6 Å². The van der Waals surface area contributed by atoms with Crippen molar-refractivity contribution in [1.82, 2.24) is 4.98 Å². The molecule has 0 spiro atoms. The molecule has 3 aromatic rings. The van der Waals surface area contributed by atoms with Crippen LogP contribution in [0.25, 0.3) is 11.5 Å². The molecule has 0 fully saturated rings. The molecule has 0 saturated heterocycles. The van der Waals surface area contributed by atoms with Crippen LogP contribution in [0.3, 0.4) is 0 Å². The molecule has 2 aromatic carbocycles. The third-order valence-corrected chi connectivity index (χ3v) is 5.22. The van der Waals surface area contributed by atoms with Gasteiger partial charge in [-0.2, -0.15) is 0 Å². The van der Waals surface area contributed by atoms with Gasteiger partial charge >= 0.3 is 5.97 Å². The summed E-state index contributed by atoms with van der Waals surface area (Å²) < 4.78 is 35.5. The number of aryl methyl sites for hydroxylation is 3. The highest BCUT2D eigenvalue weighted by Gasteiger charge is 2.21. The molecule has 0 unspecified atom stereocenters. The Morgan fingerprint density at radius 2 is 1.91 bits per heavy atom. The highest BCUT2D eigenvalue weighted by atomic mass is 19.1. The third kappa shape index (κ3) is 5.53. The zero-order chi connectivity index (χ0) is 23.3. The molecular formula is C25H28FNO5. The molecule has 7 heteroatoms. The van der Waals surface area contributed by atoms with Gasteiger partial charge in [0.2, 0.25) is 5.89 Å². The number of oxazole rings is 1. The minimum atomic E-state index is -0.637. The highest BCUT2D eigenvalue weighted by Crippen LogP contribution is 2.25. The van der Waals surface area contributed by atoms with E-state index in [1.807, 2.05) is 39.0 Å². The lowest BCUT2D eigenvalue weighted by Crippen LogP contribution is -2.28. The van der Waals surface area contributed by atoms with Gasteiger partial charge in [-0.25, -0.2) is 14.2 Å².